The first-order valence-electron chi connectivity index (χ1n) is 9.19. The van der Waals surface area contributed by atoms with Gasteiger partial charge in [0, 0.05) is 19.8 Å². The van der Waals surface area contributed by atoms with Crippen molar-refractivity contribution in [1.29, 1.82) is 0 Å². The van der Waals surface area contributed by atoms with Crippen molar-refractivity contribution in [3.8, 4) is 0 Å². The Morgan fingerprint density at radius 3 is 2.38 bits per heavy atom. The molecule has 0 bridgehead atoms. The maximum absolute atomic E-state index is 11.5. The summed E-state index contributed by atoms with van der Waals surface area (Å²) in [5.74, 6) is -0.113. The second kappa shape index (κ2) is 11.2. The maximum Gasteiger partial charge on any atom is 0.303 e. The highest BCUT2D eigenvalue weighted by molar-refractivity contribution is 5.66. The summed E-state index contributed by atoms with van der Waals surface area (Å²) < 4.78 is 22.2. The monoisotopic (exact) mass is 368 g/mol. The molecule has 6 heteroatoms. The van der Waals surface area contributed by atoms with E-state index in [1.54, 1.807) is 6.08 Å². The second-order valence-electron chi connectivity index (χ2n) is 7.18. The highest BCUT2D eigenvalue weighted by atomic mass is 16.7. The molecule has 1 aliphatic heterocycles. The molecule has 26 heavy (non-hydrogen) atoms. The van der Waals surface area contributed by atoms with Crippen molar-refractivity contribution in [2.75, 3.05) is 13.2 Å². The molecule has 1 fully saturated rings. The van der Waals surface area contributed by atoms with Crippen LogP contribution >= 0.6 is 0 Å². The molecule has 0 saturated carbocycles. The van der Waals surface area contributed by atoms with Crippen molar-refractivity contribution >= 4 is 11.9 Å². The SMILES string of the molecule is CC(=O)OCC1OC(OCC=C=CCC(C)C)C(OC(C)=O)C(C)C1C. The minimum Gasteiger partial charge on any atom is -0.463 e. The third-order valence-corrected chi connectivity index (χ3v) is 4.43. The van der Waals surface area contributed by atoms with Crippen LogP contribution in [0.2, 0.25) is 0 Å². The van der Waals surface area contributed by atoms with Crippen LogP contribution < -0.4 is 0 Å². The molecule has 0 N–H and O–H groups in total. The van der Waals surface area contributed by atoms with E-state index in [0.717, 1.165) is 6.42 Å². The summed E-state index contributed by atoms with van der Waals surface area (Å²) in [5.41, 5.74) is 3.08. The predicted molar refractivity (Wildman–Crippen MR) is 97.2 cm³/mol. The summed E-state index contributed by atoms with van der Waals surface area (Å²) in [4.78, 5) is 22.5. The van der Waals surface area contributed by atoms with Gasteiger partial charge in [-0.2, -0.15) is 0 Å². The molecular weight excluding hydrogens is 336 g/mol. The quantitative estimate of drug-likeness (QED) is 0.484. The third-order valence-electron chi connectivity index (χ3n) is 4.43. The molecule has 0 aromatic heterocycles. The summed E-state index contributed by atoms with van der Waals surface area (Å²) in [6.07, 6.45) is 3.16. The van der Waals surface area contributed by atoms with Gasteiger partial charge in [-0.05, 0) is 30.4 Å². The van der Waals surface area contributed by atoms with Crippen LogP contribution in [0.3, 0.4) is 0 Å². The van der Waals surface area contributed by atoms with Crippen molar-refractivity contribution in [1.82, 2.24) is 0 Å². The van der Waals surface area contributed by atoms with E-state index in [0.29, 0.717) is 12.5 Å². The van der Waals surface area contributed by atoms with Gasteiger partial charge in [-0.3, -0.25) is 9.59 Å². The van der Waals surface area contributed by atoms with E-state index in [2.05, 4.69) is 19.6 Å². The summed E-state index contributed by atoms with van der Waals surface area (Å²) in [6.45, 7) is 11.4. The lowest BCUT2D eigenvalue weighted by molar-refractivity contribution is -0.277. The van der Waals surface area contributed by atoms with E-state index in [-0.39, 0.29) is 36.5 Å². The Balaban J connectivity index is 2.74. The van der Waals surface area contributed by atoms with Crippen LogP contribution in [0.4, 0.5) is 0 Å². The lowest BCUT2D eigenvalue weighted by atomic mass is 9.83. The van der Waals surface area contributed by atoms with Crippen LogP contribution in [0.25, 0.3) is 0 Å². The number of carbonyl (C=O) groups is 2. The van der Waals surface area contributed by atoms with Crippen LogP contribution in [-0.2, 0) is 28.5 Å². The zero-order valence-corrected chi connectivity index (χ0v) is 16.7. The van der Waals surface area contributed by atoms with Gasteiger partial charge in [0.2, 0.25) is 0 Å². The fourth-order valence-electron chi connectivity index (χ4n) is 2.72. The average molecular weight is 368 g/mol. The summed E-state index contributed by atoms with van der Waals surface area (Å²) in [5, 5.41) is 0. The van der Waals surface area contributed by atoms with E-state index in [9.17, 15) is 9.59 Å². The van der Waals surface area contributed by atoms with Gasteiger partial charge in [-0.1, -0.05) is 27.7 Å². The van der Waals surface area contributed by atoms with Gasteiger partial charge in [-0.25, -0.2) is 0 Å². The van der Waals surface area contributed by atoms with Crippen molar-refractivity contribution in [2.24, 2.45) is 17.8 Å². The highest BCUT2D eigenvalue weighted by Crippen LogP contribution is 2.33. The minimum atomic E-state index is -0.714. The molecule has 0 radical (unpaired) electrons. The van der Waals surface area contributed by atoms with Gasteiger partial charge in [0.05, 0.1) is 12.7 Å². The Bertz CT molecular complexity index is 518. The lowest BCUT2D eigenvalue weighted by Gasteiger charge is -2.43. The van der Waals surface area contributed by atoms with E-state index < -0.39 is 12.4 Å². The zero-order chi connectivity index (χ0) is 19.7. The molecule has 1 aliphatic rings. The molecule has 6 nitrogen and oxygen atoms in total. The van der Waals surface area contributed by atoms with E-state index in [4.69, 9.17) is 18.9 Å². The maximum atomic E-state index is 11.5. The van der Waals surface area contributed by atoms with Crippen molar-refractivity contribution in [3.05, 3.63) is 17.9 Å². The summed E-state index contributed by atoms with van der Waals surface area (Å²) in [7, 11) is 0. The third kappa shape index (κ3) is 7.73. The van der Waals surface area contributed by atoms with E-state index in [1.165, 1.54) is 13.8 Å². The average Bonchev–Trinajstić information content (AvgIpc) is 2.55. The van der Waals surface area contributed by atoms with Crippen LogP contribution in [0, 0.1) is 17.8 Å². The number of esters is 2. The van der Waals surface area contributed by atoms with Crippen LogP contribution in [0.1, 0.15) is 48.0 Å². The summed E-state index contributed by atoms with van der Waals surface area (Å²) >= 11 is 0. The largest absolute Gasteiger partial charge is 0.463 e. The molecular formula is C20H32O6. The summed E-state index contributed by atoms with van der Waals surface area (Å²) in [6, 6.07) is 0. The molecule has 148 valence electrons. The molecule has 5 unspecified atom stereocenters. The predicted octanol–water partition coefficient (Wildman–Crippen LogP) is 3.25. The van der Waals surface area contributed by atoms with Crippen LogP contribution in [0.15, 0.2) is 17.9 Å². The highest BCUT2D eigenvalue weighted by Gasteiger charge is 2.44. The number of ether oxygens (including phenoxy) is 4. The Labute approximate surface area is 156 Å². The van der Waals surface area contributed by atoms with Gasteiger partial charge in [-0.15, -0.1) is 5.73 Å². The first-order valence-corrected chi connectivity index (χ1v) is 9.19. The molecule has 1 heterocycles. The molecule has 1 rings (SSSR count). The Morgan fingerprint density at radius 2 is 1.81 bits per heavy atom. The molecule has 0 aliphatic carbocycles. The molecule has 0 spiro atoms. The Hall–Kier alpha value is -1.62. The topological polar surface area (TPSA) is 71.1 Å². The number of hydrogen-bond donors (Lipinski definition) is 0. The number of hydrogen-bond acceptors (Lipinski definition) is 6. The first-order chi connectivity index (χ1) is 12.2. The molecule has 0 aromatic carbocycles. The van der Waals surface area contributed by atoms with Gasteiger partial charge in [0.15, 0.2) is 12.4 Å². The minimum absolute atomic E-state index is 0.00123. The van der Waals surface area contributed by atoms with Gasteiger partial charge >= 0.3 is 11.9 Å². The van der Waals surface area contributed by atoms with Crippen molar-refractivity contribution in [3.63, 3.8) is 0 Å². The lowest BCUT2D eigenvalue weighted by Crippen LogP contribution is -2.53. The van der Waals surface area contributed by atoms with Crippen molar-refractivity contribution < 1.29 is 28.5 Å². The second-order valence-corrected chi connectivity index (χ2v) is 7.18. The van der Waals surface area contributed by atoms with Gasteiger partial charge in [0.25, 0.3) is 0 Å². The van der Waals surface area contributed by atoms with Crippen LogP contribution in [0.5, 0.6) is 0 Å². The fraction of sp³-hybridized carbons (Fsp3) is 0.750. The van der Waals surface area contributed by atoms with E-state index >= 15 is 0 Å². The molecule has 0 amide bonds. The van der Waals surface area contributed by atoms with E-state index in [1.807, 2.05) is 19.9 Å². The number of carbonyl (C=O) groups excluding carboxylic acids is 2. The smallest absolute Gasteiger partial charge is 0.303 e. The van der Waals surface area contributed by atoms with Gasteiger partial charge < -0.3 is 18.9 Å². The zero-order valence-electron chi connectivity index (χ0n) is 16.7. The van der Waals surface area contributed by atoms with Crippen LogP contribution in [-0.4, -0.2) is 43.7 Å². The number of rotatable bonds is 8. The standard InChI is InChI=1S/C20H32O6/c1-13(2)10-8-7-9-11-23-20-19(25-17(6)22)15(4)14(3)18(26-20)12-24-16(5)21/h8-9,13-15,18-20H,10-12H2,1-6H3. The fourth-order valence-corrected chi connectivity index (χ4v) is 2.72. The molecule has 0 aromatic rings. The Morgan fingerprint density at radius 1 is 1.12 bits per heavy atom. The Kier molecular flexibility index (Phi) is 9.63. The van der Waals surface area contributed by atoms with Crippen molar-refractivity contribution in [2.45, 2.75) is 66.5 Å². The first kappa shape index (κ1) is 22.4. The molecule has 1 saturated heterocycles. The molecule has 5 atom stereocenters. The normalized spacial score (nSPS) is 28.2. The van der Waals surface area contributed by atoms with Gasteiger partial charge in [0.1, 0.15) is 6.61 Å².